The molecular formula is C13H16ClNS. The molecule has 1 N–H and O–H groups in total. The summed E-state index contributed by atoms with van der Waals surface area (Å²) >= 11 is 8.10. The van der Waals surface area contributed by atoms with E-state index in [9.17, 15) is 0 Å². The smallest absolute Gasteiger partial charge is 0.0912 e. The van der Waals surface area contributed by atoms with Gasteiger partial charge in [-0.15, -0.1) is 11.8 Å². The van der Waals surface area contributed by atoms with Crippen LogP contribution in [0.4, 0.5) is 0 Å². The highest BCUT2D eigenvalue weighted by Gasteiger charge is 2.47. The number of hydrogen-bond donors (Lipinski definition) is 1. The van der Waals surface area contributed by atoms with Crippen molar-refractivity contribution in [2.24, 2.45) is 0 Å². The first kappa shape index (κ1) is 10.9. The van der Waals surface area contributed by atoms with Crippen LogP contribution in [0.3, 0.4) is 0 Å². The van der Waals surface area contributed by atoms with E-state index in [0.717, 1.165) is 11.4 Å². The lowest BCUT2D eigenvalue weighted by atomic mass is 10.0. The lowest BCUT2D eigenvalue weighted by molar-refractivity contribution is 0.368. The molecule has 1 saturated heterocycles. The van der Waals surface area contributed by atoms with Crippen LogP contribution in [-0.2, 0) is 11.3 Å². The van der Waals surface area contributed by atoms with E-state index in [0.29, 0.717) is 0 Å². The van der Waals surface area contributed by atoms with Gasteiger partial charge in [0, 0.05) is 16.3 Å². The molecule has 0 bridgehead atoms. The Morgan fingerprint density at radius 3 is 2.88 bits per heavy atom. The third-order valence-electron chi connectivity index (χ3n) is 3.47. The Labute approximate surface area is 106 Å². The number of fused-ring (bicyclic) bond motifs is 2. The predicted molar refractivity (Wildman–Crippen MR) is 71.1 cm³/mol. The molecule has 1 aliphatic carbocycles. The number of benzene rings is 1. The minimum atomic E-state index is 0.156. The second kappa shape index (κ2) is 3.41. The molecule has 1 nitrogen and oxygen atoms in total. The topological polar surface area (TPSA) is 12.0 Å². The Morgan fingerprint density at radius 2 is 2.19 bits per heavy atom. The van der Waals surface area contributed by atoms with Crippen molar-refractivity contribution in [3.05, 3.63) is 34.3 Å². The zero-order valence-electron chi connectivity index (χ0n) is 9.64. The molecule has 0 amide bonds. The van der Waals surface area contributed by atoms with Crippen molar-refractivity contribution in [1.82, 2.24) is 5.32 Å². The van der Waals surface area contributed by atoms with Gasteiger partial charge in [-0.05, 0) is 49.9 Å². The van der Waals surface area contributed by atoms with E-state index in [-0.39, 0.29) is 10.4 Å². The number of rotatable bonds is 0. The summed E-state index contributed by atoms with van der Waals surface area (Å²) in [4.78, 5) is 0.156. The maximum Gasteiger partial charge on any atom is 0.0912 e. The summed E-state index contributed by atoms with van der Waals surface area (Å²) in [5.74, 6) is 1.18. The van der Waals surface area contributed by atoms with Gasteiger partial charge in [-0.2, -0.15) is 0 Å². The maximum atomic E-state index is 6.05. The van der Waals surface area contributed by atoms with Crippen LogP contribution in [0.25, 0.3) is 0 Å². The van der Waals surface area contributed by atoms with Crippen molar-refractivity contribution in [3.8, 4) is 0 Å². The number of halogens is 1. The first-order valence-corrected chi connectivity index (χ1v) is 7.09. The van der Waals surface area contributed by atoms with E-state index in [1.165, 1.54) is 23.3 Å². The average Bonchev–Trinajstić information content (AvgIpc) is 2.69. The minimum absolute atomic E-state index is 0.156. The molecule has 1 atom stereocenters. The standard InChI is InChI=1S/C13H16ClNS/c1-12(2)8-16-13(15-12)6-5-9-7-10(14)3-4-11(9)13/h3-4,7,15H,5-6,8H2,1-2H3. The summed E-state index contributed by atoms with van der Waals surface area (Å²) in [6.07, 6.45) is 2.34. The average molecular weight is 254 g/mol. The fraction of sp³-hybridized carbons (Fsp3) is 0.538. The molecular weight excluding hydrogens is 238 g/mol. The van der Waals surface area contributed by atoms with Crippen molar-refractivity contribution in [3.63, 3.8) is 0 Å². The summed E-state index contributed by atoms with van der Waals surface area (Å²) in [6.45, 7) is 4.56. The Balaban J connectivity index is 2.03. The van der Waals surface area contributed by atoms with Gasteiger partial charge in [0.05, 0.1) is 4.87 Å². The molecule has 86 valence electrons. The highest BCUT2D eigenvalue weighted by atomic mass is 35.5. The molecule has 1 fully saturated rings. The summed E-state index contributed by atoms with van der Waals surface area (Å²) in [5.41, 5.74) is 3.11. The molecule has 1 unspecified atom stereocenters. The fourth-order valence-electron chi connectivity index (χ4n) is 2.81. The molecule has 1 spiro atoms. The van der Waals surface area contributed by atoms with Crippen LogP contribution < -0.4 is 5.32 Å². The molecule has 1 aromatic rings. The molecule has 1 heterocycles. The molecule has 1 aliphatic heterocycles. The quantitative estimate of drug-likeness (QED) is 0.759. The largest absolute Gasteiger partial charge is 0.293 e. The van der Waals surface area contributed by atoms with Crippen LogP contribution in [0.5, 0.6) is 0 Å². The van der Waals surface area contributed by atoms with Crippen LogP contribution in [-0.4, -0.2) is 11.3 Å². The number of aryl methyl sites for hydroxylation is 1. The molecule has 2 aliphatic rings. The summed E-state index contributed by atoms with van der Waals surface area (Å²) in [5, 5.41) is 4.66. The molecule has 0 saturated carbocycles. The van der Waals surface area contributed by atoms with Crippen LogP contribution in [0.2, 0.25) is 5.02 Å². The predicted octanol–water partition coefficient (Wildman–Crippen LogP) is 3.55. The molecule has 3 rings (SSSR count). The Bertz CT molecular complexity index is 444. The highest BCUT2D eigenvalue weighted by molar-refractivity contribution is 8.00. The van der Waals surface area contributed by atoms with Crippen LogP contribution in [0.1, 0.15) is 31.4 Å². The van der Waals surface area contributed by atoms with E-state index in [2.05, 4.69) is 43.1 Å². The van der Waals surface area contributed by atoms with E-state index in [4.69, 9.17) is 11.6 Å². The van der Waals surface area contributed by atoms with Crippen molar-refractivity contribution in [2.45, 2.75) is 37.1 Å². The first-order chi connectivity index (χ1) is 7.51. The van der Waals surface area contributed by atoms with Gasteiger partial charge in [0.1, 0.15) is 0 Å². The highest BCUT2D eigenvalue weighted by Crippen LogP contribution is 2.51. The molecule has 1 aromatic carbocycles. The zero-order valence-corrected chi connectivity index (χ0v) is 11.2. The lowest BCUT2D eigenvalue weighted by Gasteiger charge is -2.28. The van der Waals surface area contributed by atoms with E-state index in [1.807, 2.05) is 6.07 Å². The van der Waals surface area contributed by atoms with Crippen molar-refractivity contribution in [2.75, 3.05) is 5.75 Å². The van der Waals surface area contributed by atoms with E-state index in [1.54, 1.807) is 0 Å². The Hall–Kier alpha value is -0.180. The summed E-state index contributed by atoms with van der Waals surface area (Å²) in [7, 11) is 0. The SMILES string of the molecule is CC1(C)CSC2(CCc3cc(Cl)ccc32)N1. The lowest BCUT2D eigenvalue weighted by Crippen LogP contribution is -2.44. The number of nitrogens with one attached hydrogen (secondary N) is 1. The maximum absolute atomic E-state index is 6.05. The third-order valence-corrected chi connectivity index (χ3v) is 5.59. The Kier molecular flexibility index (Phi) is 2.33. The Morgan fingerprint density at radius 1 is 1.38 bits per heavy atom. The van der Waals surface area contributed by atoms with Gasteiger partial charge in [0.15, 0.2) is 0 Å². The van der Waals surface area contributed by atoms with Crippen molar-refractivity contribution >= 4 is 23.4 Å². The van der Waals surface area contributed by atoms with Crippen LogP contribution in [0, 0.1) is 0 Å². The van der Waals surface area contributed by atoms with Gasteiger partial charge in [0.2, 0.25) is 0 Å². The zero-order chi connectivity index (χ0) is 11.4. The normalized spacial score (nSPS) is 30.9. The number of thioether (sulfide) groups is 1. The van der Waals surface area contributed by atoms with E-state index >= 15 is 0 Å². The van der Waals surface area contributed by atoms with Gasteiger partial charge in [-0.1, -0.05) is 17.7 Å². The van der Waals surface area contributed by atoms with Gasteiger partial charge >= 0.3 is 0 Å². The fourth-order valence-corrected chi connectivity index (χ4v) is 4.63. The number of hydrogen-bond acceptors (Lipinski definition) is 2. The van der Waals surface area contributed by atoms with Gasteiger partial charge in [0.25, 0.3) is 0 Å². The second-order valence-corrected chi connectivity index (χ2v) is 7.14. The monoisotopic (exact) mass is 253 g/mol. The van der Waals surface area contributed by atoms with Crippen molar-refractivity contribution in [1.29, 1.82) is 0 Å². The minimum Gasteiger partial charge on any atom is -0.293 e. The summed E-state index contributed by atoms with van der Waals surface area (Å²) in [6, 6.07) is 6.34. The molecule has 0 radical (unpaired) electrons. The molecule has 0 aromatic heterocycles. The van der Waals surface area contributed by atoms with Gasteiger partial charge < -0.3 is 0 Å². The molecule has 3 heteroatoms. The second-order valence-electron chi connectivity index (χ2n) is 5.43. The van der Waals surface area contributed by atoms with Gasteiger partial charge in [-0.25, -0.2) is 0 Å². The van der Waals surface area contributed by atoms with E-state index < -0.39 is 0 Å². The third kappa shape index (κ3) is 1.59. The molecule has 16 heavy (non-hydrogen) atoms. The van der Waals surface area contributed by atoms with Crippen LogP contribution >= 0.6 is 23.4 Å². The van der Waals surface area contributed by atoms with Gasteiger partial charge in [-0.3, -0.25) is 5.32 Å². The summed E-state index contributed by atoms with van der Waals surface area (Å²) < 4.78 is 0. The van der Waals surface area contributed by atoms with Crippen LogP contribution in [0.15, 0.2) is 18.2 Å². The first-order valence-electron chi connectivity index (χ1n) is 5.73. The van der Waals surface area contributed by atoms with Crippen molar-refractivity contribution < 1.29 is 0 Å².